The average molecular weight is 294 g/mol. The Morgan fingerprint density at radius 2 is 2.29 bits per heavy atom. The van der Waals surface area contributed by atoms with E-state index in [1.165, 1.54) is 4.90 Å². The Bertz CT molecular complexity index is 514. The van der Waals surface area contributed by atoms with E-state index in [2.05, 4.69) is 10.4 Å². The van der Waals surface area contributed by atoms with Gasteiger partial charge in [0, 0.05) is 32.8 Å². The molecule has 2 atom stereocenters. The molecule has 0 spiro atoms. The van der Waals surface area contributed by atoms with Crippen LogP contribution in [0.2, 0.25) is 0 Å². The Morgan fingerprint density at radius 3 is 2.90 bits per heavy atom. The third-order valence-electron chi connectivity index (χ3n) is 3.84. The van der Waals surface area contributed by atoms with Gasteiger partial charge in [-0.15, -0.1) is 0 Å². The third kappa shape index (κ3) is 3.96. The second kappa shape index (κ2) is 6.60. The largest absolute Gasteiger partial charge is 0.480 e. The van der Waals surface area contributed by atoms with E-state index in [0.29, 0.717) is 31.8 Å². The maximum Gasteiger partial charge on any atom is 0.326 e. The SMILES string of the molecule is CC1CCN(C(=O)NCCc2ccn(C)n2)C(C(=O)O)C1. The first-order chi connectivity index (χ1) is 9.97. The summed E-state index contributed by atoms with van der Waals surface area (Å²) in [7, 11) is 1.84. The number of piperidine rings is 1. The highest BCUT2D eigenvalue weighted by Gasteiger charge is 2.34. The van der Waals surface area contributed by atoms with Crippen LogP contribution in [0.5, 0.6) is 0 Å². The van der Waals surface area contributed by atoms with Gasteiger partial charge in [-0.3, -0.25) is 4.68 Å². The number of aliphatic carboxylic acids is 1. The Kier molecular flexibility index (Phi) is 4.82. The Morgan fingerprint density at radius 1 is 1.52 bits per heavy atom. The maximum atomic E-state index is 12.1. The second-order valence-corrected chi connectivity index (χ2v) is 5.64. The number of nitrogens with one attached hydrogen (secondary N) is 1. The molecular weight excluding hydrogens is 272 g/mol. The molecule has 2 unspecified atom stereocenters. The van der Waals surface area contributed by atoms with Gasteiger partial charge in [0.2, 0.25) is 0 Å². The van der Waals surface area contributed by atoms with Crippen LogP contribution < -0.4 is 5.32 Å². The summed E-state index contributed by atoms with van der Waals surface area (Å²) in [4.78, 5) is 24.9. The van der Waals surface area contributed by atoms with Crippen LogP contribution >= 0.6 is 0 Å². The van der Waals surface area contributed by atoms with Gasteiger partial charge in [0.05, 0.1) is 5.69 Å². The van der Waals surface area contributed by atoms with E-state index in [0.717, 1.165) is 12.1 Å². The summed E-state index contributed by atoms with van der Waals surface area (Å²) in [5, 5.41) is 16.3. The van der Waals surface area contributed by atoms with Crippen molar-refractivity contribution in [3.63, 3.8) is 0 Å². The second-order valence-electron chi connectivity index (χ2n) is 5.64. The lowest BCUT2D eigenvalue weighted by atomic mass is 9.93. The van der Waals surface area contributed by atoms with E-state index in [1.807, 2.05) is 26.2 Å². The fraction of sp³-hybridized carbons (Fsp3) is 0.643. The van der Waals surface area contributed by atoms with Crippen molar-refractivity contribution in [3.05, 3.63) is 18.0 Å². The molecule has 0 saturated carbocycles. The van der Waals surface area contributed by atoms with E-state index in [9.17, 15) is 14.7 Å². The van der Waals surface area contributed by atoms with Gasteiger partial charge in [0.25, 0.3) is 0 Å². The molecule has 1 aromatic heterocycles. The first kappa shape index (κ1) is 15.3. The predicted molar refractivity (Wildman–Crippen MR) is 76.8 cm³/mol. The quantitative estimate of drug-likeness (QED) is 0.862. The van der Waals surface area contributed by atoms with Crippen LogP contribution in [0.3, 0.4) is 0 Å². The zero-order valence-electron chi connectivity index (χ0n) is 12.5. The predicted octanol–water partition coefficient (Wildman–Crippen LogP) is 0.857. The number of carbonyl (C=O) groups is 2. The number of aromatic nitrogens is 2. The van der Waals surface area contributed by atoms with E-state index in [1.54, 1.807) is 4.68 Å². The monoisotopic (exact) mass is 294 g/mol. The number of hydrogen-bond acceptors (Lipinski definition) is 3. The van der Waals surface area contributed by atoms with Crippen LogP contribution in [-0.4, -0.2) is 50.9 Å². The highest BCUT2D eigenvalue weighted by Crippen LogP contribution is 2.22. The molecule has 1 aromatic rings. The van der Waals surface area contributed by atoms with Crippen molar-refractivity contribution < 1.29 is 14.7 Å². The minimum absolute atomic E-state index is 0.301. The van der Waals surface area contributed by atoms with Crippen molar-refractivity contribution in [2.75, 3.05) is 13.1 Å². The number of nitrogens with zero attached hydrogens (tertiary/aromatic N) is 3. The number of amides is 2. The molecule has 21 heavy (non-hydrogen) atoms. The van der Waals surface area contributed by atoms with Crippen LogP contribution in [0.1, 0.15) is 25.5 Å². The summed E-state index contributed by atoms with van der Waals surface area (Å²) in [5.74, 6) is -0.593. The first-order valence-corrected chi connectivity index (χ1v) is 7.23. The van der Waals surface area contributed by atoms with Gasteiger partial charge in [-0.2, -0.15) is 5.10 Å². The summed E-state index contributed by atoms with van der Waals surface area (Å²) < 4.78 is 1.71. The van der Waals surface area contributed by atoms with Gasteiger partial charge in [-0.1, -0.05) is 6.92 Å². The molecule has 7 heteroatoms. The molecule has 0 radical (unpaired) electrons. The summed E-state index contributed by atoms with van der Waals surface area (Å²) in [6.07, 6.45) is 3.85. The lowest BCUT2D eigenvalue weighted by Gasteiger charge is -2.35. The lowest BCUT2D eigenvalue weighted by molar-refractivity contribution is -0.143. The van der Waals surface area contributed by atoms with Gasteiger partial charge < -0.3 is 15.3 Å². The summed E-state index contributed by atoms with van der Waals surface area (Å²) in [6, 6.07) is 0.878. The van der Waals surface area contributed by atoms with Gasteiger partial charge in [0.1, 0.15) is 6.04 Å². The molecular formula is C14H22N4O3. The van der Waals surface area contributed by atoms with Crippen molar-refractivity contribution in [3.8, 4) is 0 Å². The maximum absolute atomic E-state index is 12.1. The Balaban J connectivity index is 1.85. The molecule has 2 rings (SSSR count). The minimum atomic E-state index is -0.929. The minimum Gasteiger partial charge on any atom is -0.480 e. The Labute approximate surface area is 123 Å². The molecule has 0 aromatic carbocycles. The highest BCUT2D eigenvalue weighted by molar-refractivity contribution is 5.82. The number of hydrogen-bond donors (Lipinski definition) is 2. The van der Waals surface area contributed by atoms with Gasteiger partial charge in [-0.05, 0) is 24.8 Å². The number of urea groups is 1. The molecule has 1 fully saturated rings. The molecule has 2 amide bonds. The molecule has 1 saturated heterocycles. The van der Waals surface area contributed by atoms with Crippen molar-refractivity contribution >= 4 is 12.0 Å². The van der Waals surface area contributed by atoms with Crippen LogP contribution in [0.25, 0.3) is 0 Å². The van der Waals surface area contributed by atoms with Gasteiger partial charge >= 0.3 is 12.0 Å². The van der Waals surface area contributed by atoms with Crippen molar-refractivity contribution in [2.45, 2.75) is 32.2 Å². The van der Waals surface area contributed by atoms with Crippen LogP contribution in [0, 0.1) is 5.92 Å². The molecule has 1 aliphatic rings. The highest BCUT2D eigenvalue weighted by atomic mass is 16.4. The van der Waals surface area contributed by atoms with E-state index >= 15 is 0 Å². The van der Waals surface area contributed by atoms with E-state index < -0.39 is 12.0 Å². The smallest absolute Gasteiger partial charge is 0.326 e. The van der Waals surface area contributed by atoms with Crippen molar-refractivity contribution in [1.82, 2.24) is 20.0 Å². The normalized spacial score (nSPS) is 22.1. The third-order valence-corrected chi connectivity index (χ3v) is 3.84. The zero-order valence-corrected chi connectivity index (χ0v) is 12.5. The number of likely N-dealkylation sites (tertiary alicyclic amines) is 1. The molecule has 0 aliphatic carbocycles. The summed E-state index contributed by atoms with van der Waals surface area (Å²) >= 11 is 0. The number of rotatable bonds is 4. The van der Waals surface area contributed by atoms with Gasteiger partial charge in [-0.25, -0.2) is 9.59 Å². The molecule has 7 nitrogen and oxygen atoms in total. The zero-order chi connectivity index (χ0) is 15.4. The van der Waals surface area contributed by atoms with Gasteiger partial charge in [0.15, 0.2) is 0 Å². The summed E-state index contributed by atoms with van der Waals surface area (Å²) in [5.41, 5.74) is 0.903. The number of carboxylic acid groups (broad SMARTS) is 1. The number of carboxylic acids is 1. The summed E-state index contributed by atoms with van der Waals surface area (Å²) in [6.45, 7) is 2.97. The molecule has 0 bridgehead atoms. The van der Waals surface area contributed by atoms with E-state index in [-0.39, 0.29) is 6.03 Å². The first-order valence-electron chi connectivity index (χ1n) is 7.23. The van der Waals surface area contributed by atoms with E-state index in [4.69, 9.17) is 0 Å². The fourth-order valence-electron chi connectivity index (χ4n) is 2.61. The number of aryl methyl sites for hydroxylation is 1. The standard InChI is InChI=1S/C14H22N4O3/c1-10-4-8-18(12(9-10)13(19)20)14(21)15-6-3-11-5-7-17(2)16-11/h5,7,10,12H,3-4,6,8-9H2,1-2H3,(H,15,21)(H,19,20). The van der Waals surface area contributed by atoms with Crippen LogP contribution in [0.15, 0.2) is 12.3 Å². The molecule has 2 N–H and O–H groups in total. The van der Waals surface area contributed by atoms with Crippen LogP contribution in [-0.2, 0) is 18.3 Å². The van der Waals surface area contributed by atoms with Crippen molar-refractivity contribution in [1.29, 1.82) is 0 Å². The lowest BCUT2D eigenvalue weighted by Crippen LogP contribution is -2.53. The van der Waals surface area contributed by atoms with Crippen LogP contribution in [0.4, 0.5) is 4.79 Å². The average Bonchev–Trinajstić information content (AvgIpc) is 2.84. The fourth-order valence-corrected chi connectivity index (χ4v) is 2.61. The molecule has 1 aliphatic heterocycles. The Hall–Kier alpha value is -2.05. The molecule has 2 heterocycles. The van der Waals surface area contributed by atoms with Crippen molar-refractivity contribution in [2.24, 2.45) is 13.0 Å². The molecule has 116 valence electrons. The number of carbonyl (C=O) groups excluding carboxylic acids is 1. The topological polar surface area (TPSA) is 87.5 Å².